The SMILES string of the molecule is N#Cc1cnn(C2CCSCC2)c1. The van der Waals surface area contributed by atoms with Gasteiger partial charge in [0.1, 0.15) is 6.07 Å². The van der Waals surface area contributed by atoms with Gasteiger partial charge in [-0.1, -0.05) is 0 Å². The smallest absolute Gasteiger partial charge is 0.102 e. The summed E-state index contributed by atoms with van der Waals surface area (Å²) >= 11 is 2.00. The van der Waals surface area contributed by atoms with Crippen molar-refractivity contribution in [1.82, 2.24) is 9.78 Å². The molecule has 0 unspecified atom stereocenters. The van der Waals surface area contributed by atoms with Crippen LogP contribution in [0.3, 0.4) is 0 Å². The van der Waals surface area contributed by atoms with Gasteiger partial charge in [0.05, 0.1) is 17.8 Å². The third kappa shape index (κ3) is 1.86. The van der Waals surface area contributed by atoms with Gasteiger partial charge in [0.25, 0.3) is 0 Å². The maximum Gasteiger partial charge on any atom is 0.102 e. The lowest BCUT2D eigenvalue weighted by atomic mass is 10.2. The Morgan fingerprint density at radius 3 is 2.92 bits per heavy atom. The first-order chi connectivity index (χ1) is 6.40. The molecule has 0 amide bonds. The molecule has 13 heavy (non-hydrogen) atoms. The van der Waals surface area contributed by atoms with Gasteiger partial charge in [-0.05, 0) is 24.3 Å². The van der Waals surface area contributed by atoms with E-state index in [4.69, 9.17) is 5.26 Å². The fourth-order valence-corrected chi connectivity index (χ4v) is 2.63. The fourth-order valence-electron chi connectivity index (χ4n) is 1.55. The lowest BCUT2D eigenvalue weighted by Gasteiger charge is -2.21. The monoisotopic (exact) mass is 193 g/mol. The van der Waals surface area contributed by atoms with Crippen LogP contribution in [0.2, 0.25) is 0 Å². The predicted octanol–water partition coefficient (Wildman–Crippen LogP) is 1.82. The number of aromatic nitrogens is 2. The van der Waals surface area contributed by atoms with Crippen molar-refractivity contribution < 1.29 is 0 Å². The minimum Gasteiger partial charge on any atom is -0.268 e. The second kappa shape index (κ2) is 3.84. The first kappa shape index (κ1) is 8.64. The Morgan fingerprint density at radius 2 is 2.31 bits per heavy atom. The molecule has 2 rings (SSSR count). The zero-order valence-corrected chi connectivity index (χ0v) is 8.13. The summed E-state index contributed by atoms with van der Waals surface area (Å²) in [7, 11) is 0. The van der Waals surface area contributed by atoms with Crippen LogP contribution in [-0.4, -0.2) is 21.3 Å². The number of nitriles is 1. The van der Waals surface area contributed by atoms with E-state index in [2.05, 4.69) is 11.2 Å². The van der Waals surface area contributed by atoms with Crippen molar-refractivity contribution in [3.8, 4) is 6.07 Å². The van der Waals surface area contributed by atoms with E-state index in [-0.39, 0.29) is 0 Å². The van der Waals surface area contributed by atoms with Crippen molar-refractivity contribution >= 4 is 11.8 Å². The molecule has 2 heterocycles. The Labute approximate surface area is 81.7 Å². The summed E-state index contributed by atoms with van der Waals surface area (Å²) in [6, 6.07) is 2.61. The van der Waals surface area contributed by atoms with Crippen LogP contribution in [0.1, 0.15) is 24.4 Å². The van der Waals surface area contributed by atoms with Gasteiger partial charge in [0.15, 0.2) is 0 Å². The van der Waals surface area contributed by atoms with Crippen molar-refractivity contribution in [3.05, 3.63) is 18.0 Å². The molecule has 1 fully saturated rings. The van der Waals surface area contributed by atoms with Gasteiger partial charge >= 0.3 is 0 Å². The molecule has 68 valence electrons. The molecule has 1 aromatic rings. The van der Waals surface area contributed by atoms with Crippen LogP contribution in [0.25, 0.3) is 0 Å². The molecule has 0 atom stereocenters. The van der Waals surface area contributed by atoms with Gasteiger partial charge in [-0.2, -0.15) is 22.1 Å². The zero-order chi connectivity index (χ0) is 9.10. The van der Waals surface area contributed by atoms with E-state index in [0.29, 0.717) is 11.6 Å². The van der Waals surface area contributed by atoms with E-state index in [0.717, 1.165) is 0 Å². The second-order valence-corrected chi connectivity index (χ2v) is 4.39. The lowest BCUT2D eigenvalue weighted by molar-refractivity contribution is 0.427. The average Bonchev–Trinajstić information content (AvgIpc) is 2.67. The van der Waals surface area contributed by atoms with Crippen molar-refractivity contribution in [2.75, 3.05) is 11.5 Å². The molecule has 0 bridgehead atoms. The molecule has 0 radical (unpaired) electrons. The first-order valence-corrected chi connectivity index (χ1v) is 5.57. The summed E-state index contributed by atoms with van der Waals surface area (Å²) < 4.78 is 1.94. The van der Waals surface area contributed by atoms with E-state index in [1.807, 2.05) is 22.6 Å². The van der Waals surface area contributed by atoms with Gasteiger partial charge in [0.2, 0.25) is 0 Å². The van der Waals surface area contributed by atoms with Crippen LogP contribution in [0.5, 0.6) is 0 Å². The molecule has 1 aromatic heterocycles. The van der Waals surface area contributed by atoms with E-state index < -0.39 is 0 Å². The van der Waals surface area contributed by atoms with Crippen molar-refractivity contribution in [2.24, 2.45) is 0 Å². The van der Waals surface area contributed by atoms with Crippen LogP contribution in [0, 0.1) is 11.3 Å². The van der Waals surface area contributed by atoms with Gasteiger partial charge in [0, 0.05) is 6.20 Å². The van der Waals surface area contributed by atoms with Crippen molar-refractivity contribution in [3.63, 3.8) is 0 Å². The molecule has 0 saturated carbocycles. The van der Waals surface area contributed by atoms with Crippen LogP contribution in [0.15, 0.2) is 12.4 Å². The molecule has 0 aromatic carbocycles. The molecule has 1 aliphatic rings. The molecule has 1 saturated heterocycles. The van der Waals surface area contributed by atoms with Crippen molar-refractivity contribution in [2.45, 2.75) is 18.9 Å². The molecular weight excluding hydrogens is 182 g/mol. The average molecular weight is 193 g/mol. The molecule has 0 spiro atoms. The number of hydrogen-bond acceptors (Lipinski definition) is 3. The standard InChI is InChI=1S/C9H11N3S/c10-5-8-6-11-12(7-8)9-1-3-13-4-2-9/h6-7,9H,1-4H2. The van der Waals surface area contributed by atoms with Gasteiger partial charge in [-0.15, -0.1) is 0 Å². The summed E-state index contributed by atoms with van der Waals surface area (Å²) in [5, 5.41) is 12.8. The molecule has 0 N–H and O–H groups in total. The largest absolute Gasteiger partial charge is 0.268 e. The Balaban J connectivity index is 2.11. The summed E-state index contributed by atoms with van der Waals surface area (Å²) in [5.74, 6) is 2.43. The number of nitrogens with zero attached hydrogens (tertiary/aromatic N) is 3. The predicted molar refractivity (Wildman–Crippen MR) is 52.5 cm³/mol. The Hall–Kier alpha value is -0.950. The van der Waals surface area contributed by atoms with Crippen LogP contribution in [-0.2, 0) is 0 Å². The summed E-state index contributed by atoms with van der Waals surface area (Å²) in [5.41, 5.74) is 0.665. The zero-order valence-electron chi connectivity index (χ0n) is 7.31. The van der Waals surface area contributed by atoms with E-state index in [1.165, 1.54) is 24.3 Å². The van der Waals surface area contributed by atoms with Crippen LogP contribution < -0.4 is 0 Å². The molecular formula is C9H11N3S. The normalized spacial score (nSPS) is 18.4. The van der Waals surface area contributed by atoms with Crippen LogP contribution in [0.4, 0.5) is 0 Å². The highest BCUT2D eigenvalue weighted by molar-refractivity contribution is 7.99. The molecule has 3 nitrogen and oxygen atoms in total. The number of hydrogen-bond donors (Lipinski definition) is 0. The third-order valence-corrected chi connectivity index (χ3v) is 3.34. The van der Waals surface area contributed by atoms with Crippen molar-refractivity contribution in [1.29, 1.82) is 5.26 Å². The van der Waals surface area contributed by atoms with E-state index in [1.54, 1.807) is 6.20 Å². The van der Waals surface area contributed by atoms with E-state index in [9.17, 15) is 0 Å². The summed E-state index contributed by atoms with van der Waals surface area (Å²) in [4.78, 5) is 0. The minimum atomic E-state index is 0.517. The molecule has 1 aliphatic heterocycles. The minimum absolute atomic E-state index is 0.517. The van der Waals surface area contributed by atoms with Gasteiger partial charge in [-0.25, -0.2) is 0 Å². The second-order valence-electron chi connectivity index (χ2n) is 3.16. The van der Waals surface area contributed by atoms with Crippen LogP contribution >= 0.6 is 11.8 Å². The maximum atomic E-state index is 8.64. The Morgan fingerprint density at radius 1 is 1.54 bits per heavy atom. The first-order valence-electron chi connectivity index (χ1n) is 4.42. The number of thioether (sulfide) groups is 1. The summed E-state index contributed by atoms with van der Waals surface area (Å²) in [6.45, 7) is 0. The summed E-state index contributed by atoms with van der Waals surface area (Å²) in [6.07, 6.45) is 5.84. The Kier molecular flexibility index (Phi) is 2.55. The highest BCUT2D eigenvalue weighted by Gasteiger charge is 2.15. The number of rotatable bonds is 1. The quantitative estimate of drug-likeness (QED) is 0.683. The van der Waals surface area contributed by atoms with E-state index >= 15 is 0 Å². The van der Waals surface area contributed by atoms with Gasteiger partial charge in [-0.3, -0.25) is 4.68 Å². The highest BCUT2D eigenvalue weighted by Crippen LogP contribution is 2.26. The topological polar surface area (TPSA) is 41.6 Å². The fraction of sp³-hybridized carbons (Fsp3) is 0.556. The Bertz CT molecular complexity index is 320. The van der Waals surface area contributed by atoms with Gasteiger partial charge < -0.3 is 0 Å². The molecule has 4 heteroatoms. The highest BCUT2D eigenvalue weighted by atomic mass is 32.2. The third-order valence-electron chi connectivity index (χ3n) is 2.30. The molecule has 0 aliphatic carbocycles. The maximum absolute atomic E-state index is 8.64. The lowest BCUT2D eigenvalue weighted by Crippen LogP contribution is -2.15.